The zero-order valence-electron chi connectivity index (χ0n) is 11.0. The molecular weight excluding hydrogens is 210 g/mol. The van der Waals surface area contributed by atoms with Crippen LogP contribution in [0.4, 0.5) is 0 Å². The van der Waals surface area contributed by atoms with Crippen LogP contribution in [0.2, 0.25) is 0 Å². The Balaban J connectivity index is 2.04. The molecule has 0 aliphatic heterocycles. The lowest BCUT2D eigenvalue weighted by Crippen LogP contribution is -2.47. The van der Waals surface area contributed by atoms with Gasteiger partial charge in [0.15, 0.2) is 0 Å². The van der Waals surface area contributed by atoms with Crippen LogP contribution >= 0.6 is 0 Å². The molecule has 2 N–H and O–H groups in total. The van der Waals surface area contributed by atoms with E-state index in [4.69, 9.17) is 0 Å². The molecule has 1 saturated carbocycles. The molecule has 0 saturated heterocycles. The highest BCUT2D eigenvalue weighted by atomic mass is 16.3. The molecular formula is C15H23NO. The molecule has 17 heavy (non-hydrogen) atoms. The van der Waals surface area contributed by atoms with Crippen molar-refractivity contribution in [3.05, 3.63) is 35.4 Å². The minimum absolute atomic E-state index is 0.239. The van der Waals surface area contributed by atoms with Crippen molar-refractivity contribution in [2.75, 3.05) is 0 Å². The van der Waals surface area contributed by atoms with Crippen molar-refractivity contribution in [3.63, 3.8) is 0 Å². The van der Waals surface area contributed by atoms with Crippen LogP contribution in [0.3, 0.4) is 0 Å². The Hall–Kier alpha value is -0.860. The predicted octanol–water partition coefficient (Wildman–Crippen LogP) is 2.81. The van der Waals surface area contributed by atoms with E-state index >= 15 is 0 Å². The van der Waals surface area contributed by atoms with Gasteiger partial charge in [-0.3, -0.25) is 0 Å². The topological polar surface area (TPSA) is 32.3 Å². The SMILES string of the molecule is CC(O)C(C)(C)NCc1ccccc1C1CC1. The summed E-state index contributed by atoms with van der Waals surface area (Å²) in [5.74, 6) is 0.780. The van der Waals surface area contributed by atoms with Crippen LogP contribution in [-0.4, -0.2) is 16.7 Å². The molecule has 0 heterocycles. The molecule has 1 aromatic rings. The van der Waals surface area contributed by atoms with Crippen LogP contribution in [0.15, 0.2) is 24.3 Å². The molecule has 0 aromatic heterocycles. The lowest BCUT2D eigenvalue weighted by atomic mass is 9.97. The first kappa shape index (κ1) is 12.6. The lowest BCUT2D eigenvalue weighted by molar-refractivity contribution is 0.0956. The summed E-state index contributed by atoms with van der Waals surface area (Å²) in [7, 11) is 0. The normalized spacial score (nSPS) is 18.1. The van der Waals surface area contributed by atoms with E-state index in [-0.39, 0.29) is 11.6 Å². The number of aliphatic hydroxyl groups excluding tert-OH is 1. The second kappa shape index (κ2) is 4.79. The molecule has 2 nitrogen and oxygen atoms in total. The highest BCUT2D eigenvalue weighted by Crippen LogP contribution is 2.41. The molecule has 1 unspecified atom stereocenters. The summed E-state index contributed by atoms with van der Waals surface area (Å²) in [6.45, 7) is 6.75. The fraction of sp³-hybridized carbons (Fsp3) is 0.600. The summed E-state index contributed by atoms with van der Waals surface area (Å²) in [6, 6.07) is 8.65. The minimum atomic E-state index is -0.351. The van der Waals surface area contributed by atoms with Gasteiger partial charge in [0, 0.05) is 12.1 Å². The van der Waals surface area contributed by atoms with Gasteiger partial charge in [-0.2, -0.15) is 0 Å². The summed E-state index contributed by atoms with van der Waals surface area (Å²) in [5, 5.41) is 13.1. The van der Waals surface area contributed by atoms with Gasteiger partial charge in [-0.05, 0) is 50.7 Å². The highest BCUT2D eigenvalue weighted by molar-refractivity contribution is 5.33. The van der Waals surface area contributed by atoms with E-state index in [9.17, 15) is 5.11 Å². The first-order valence-electron chi connectivity index (χ1n) is 6.51. The van der Waals surface area contributed by atoms with E-state index in [1.54, 1.807) is 0 Å². The molecule has 94 valence electrons. The molecule has 0 amide bonds. The number of rotatable bonds is 5. The van der Waals surface area contributed by atoms with Crippen molar-refractivity contribution in [1.82, 2.24) is 5.32 Å². The molecule has 0 bridgehead atoms. The van der Waals surface area contributed by atoms with Crippen molar-refractivity contribution in [3.8, 4) is 0 Å². The third-order valence-corrected chi connectivity index (χ3v) is 3.85. The molecule has 0 spiro atoms. The van der Waals surface area contributed by atoms with Crippen LogP contribution in [0.25, 0.3) is 0 Å². The quantitative estimate of drug-likeness (QED) is 0.819. The number of nitrogens with one attached hydrogen (secondary N) is 1. The van der Waals surface area contributed by atoms with Crippen molar-refractivity contribution in [2.45, 2.75) is 57.7 Å². The summed E-state index contributed by atoms with van der Waals surface area (Å²) in [6.07, 6.45) is 2.31. The average Bonchev–Trinajstić information content (AvgIpc) is 3.10. The first-order valence-corrected chi connectivity index (χ1v) is 6.51. The Bertz CT molecular complexity index is 380. The van der Waals surface area contributed by atoms with Crippen molar-refractivity contribution in [2.24, 2.45) is 0 Å². The summed E-state index contributed by atoms with van der Waals surface area (Å²) in [5.41, 5.74) is 2.63. The van der Waals surface area contributed by atoms with Gasteiger partial charge in [-0.15, -0.1) is 0 Å². The van der Waals surface area contributed by atoms with Crippen LogP contribution < -0.4 is 5.32 Å². The van der Waals surface area contributed by atoms with E-state index in [1.807, 2.05) is 20.8 Å². The van der Waals surface area contributed by atoms with Crippen LogP contribution in [0, 0.1) is 0 Å². The van der Waals surface area contributed by atoms with E-state index < -0.39 is 0 Å². The molecule has 1 aromatic carbocycles. The van der Waals surface area contributed by atoms with Gasteiger partial charge in [0.1, 0.15) is 0 Å². The van der Waals surface area contributed by atoms with Crippen LogP contribution in [0.5, 0.6) is 0 Å². The summed E-state index contributed by atoms with van der Waals surface area (Å²) >= 11 is 0. The maximum Gasteiger partial charge on any atom is 0.0688 e. The maximum absolute atomic E-state index is 9.69. The number of aliphatic hydroxyl groups is 1. The van der Waals surface area contributed by atoms with Crippen molar-refractivity contribution >= 4 is 0 Å². The maximum atomic E-state index is 9.69. The third kappa shape index (κ3) is 3.08. The Morgan fingerprint density at radius 3 is 2.59 bits per heavy atom. The molecule has 1 fully saturated rings. The van der Waals surface area contributed by atoms with Gasteiger partial charge in [0.05, 0.1) is 6.10 Å². The molecule has 1 aliphatic carbocycles. The Kier molecular flexibility index (Phi) is 3.55. The number of benzene rings is 1. The van der Waals surface area contributed by atoms with E-state index in [2.05, 4.69) is 29.6 Å². The minimum Gasteiger partial charge on any atom is -0.392 e. The summed E-state index contributed by atoms with van der Waals surface area (Å²) in [4.78, 5) is 0. The average molecular weight is 233 g/mol. The van der Waals surface area contributed by atoms with Gasteiger partial charge in [0.25, 0.3) is 0 Å². The first-order chi connectivity index (χ1) is 8.00. The number of hydrogen-bond donors (Lipinski definition) is 2. The Morgan fingerprint density at radius 1 is 1.35 bits per heavy atom. The van der Waals surface area contributed by atoms with Crippen LogP contribution in [-0.2, 0) is 6.54 Å². The summed E-state index contributed by atoms with van der Waals surface area (Å²) < 4.78 is 0. The predicted molar refractivity (Wildman–Crippen MR) is 71.0 cm³/mol. The van der Waals surface area contributed by atoms with Crippen molar-refractivity contribution in [1.29, 1.82) is 0 Å². The zero-order valence-corrected chi connectivity index (χ0v) is 11.0. The molecule has 1 atom stereocenters. The Labute approximate surface area is 104 Å². The third-order valence-electron chi connectivity index (χ3n) is 3.85. The van der Waals surface area contributed by atoms with Gasteiger partial charge in [-0.1, -0.05) is 24.3 Å². The second-order valence-electron chi connectivity index (χ2n) is 5.72. The molecule has 1 aliphatic rings. The van der Waals surface area contributed by atoms with Gasteiger partial charge >= 0.3 is 0 Å². The largest absolute Gasteiger partial charge is 0.392 e. The van der Waals surface area contributed by atoms with E-state index in [0.29, 0.717) is 0 Å². The highest BCUT2D eigenvalue weighted by Gasteiger charge is 2.27. The standard InChI is InChI=1S/C15H23NO/c1-11(17)15(2,3)16-10-13-6-4-5-7-14(13)12-8-9-12/h4-7,11-12,16-17H,8-10H2,1-3H3. The second-order valence-corrected chi connectivity index (χ2v) is 5.72. The van der Waals surface area contributed by atoms with E-state index in [0.717, 1.165) is 12.5 Å². The van der Waals surface area contributed by atoms with Crippen molar-refractivity contribution < 1.29 is 5.11 Å². The van der Waals surface area contributed by atoms with Gasteiger partial charge in [-0.25, -0.2) is 0 Å². The monoisotopic (exact) mass is 233 g/mol. The smallest absolute Gasteiger partial charge is 0.0688 e. The fourth-order valence-electron chi connectivity index (χ4n) is 1.96. The lowest BCUT2D eigenvalue weighted by Gasteiger charge is -2.30. The Morgan fingerprint density at radius 2 is 2.00 bits per heavy atom. The van der Waals surface area contributed by atoms with Gasteiger partial charge < -0.3 is 10.4 Å². The fourth-order valence-corrected chi connectivity index (χ4v) is 1.96. The number of hydrogen-bond acceptors (Lipinski definition) is 2. The molecule has 2 rings (SSSR count). The van der Waals surface area contributed by atoms with Crippen LogP contribution in [0.1, 0.15) is 50.7 Å². The zero-order chi connectivity index (χ0) is 12.5. The van der Waals surface area contributed by atoms with Gasteiger partial charge in [0.2, 0.25) is 0 Å². The van der Waals surface area contributed by atoms with E-state index in [1.165, 1.54) is 24.0 Å². The molecule has 0 radical (unpaired) electrons. The molecule has 2 heteroatoms.